The zero-order chi connectivity index (χ0) is 10.6. The van der Waals surface area contributed by atoms with E-state index in [1.54, 1.807) is 18.2 Å². The van der Waals surface area contributed by atoms with Gasteiger partial charge in [0.2, 0.25) is 0 Å². The van der Waals surface area contributed by atoms with E-state index in [2.05, 4.69) is 4.74 Å². The van der Waals surface area contributed by atoms with Gasteiger partial charge < -0.3 is 9.84 Å². The summed E-state index contributed by atoms with van der Waals surface area (Å²) in [4.78, 5) is 11.0. The van der Waals surface area contributed by atoms with Crippen molar-refractivity contribution in [1.29, 1.82) is 0 Å². The second-order valence-corrected chi connectivity index (χ2v) is 3.28. The Balaban J connectivity index is 2.69. The normalized spacial score (nSPS) is 12.1. The molecule has 0 aliphatic rings. The second kappa shape index (κ2) is 4.65. The van der Waals surface area contributed by atoms with Crippen molar-refractivity contribution in [3.05, 3.63) is 29.8 Å². The molecular formula is C11H14O3. The van der Waals surface area contributed by atoms with Gasteiger partial charge in [-0.1, -0.05) is 19.1 Å². The number of phenolic OH excluding ortho intramolecular Hbond substituents is 1. The van der Waals surface area contributed by atoms with Crippen LogP contribution < -0.4 is 0 Å². The first kappa shape index (κ1) is 10.6. The van der Waals surface area contributed by atoms with Gasteiger partial charge in [0.05, 0.1) is 13.5 Å². The molecule has 0 aromatic heterocycles. The van der Waals surface area contributed by atoms with Crippen molar-refractivity contribution in [2.24, 2.45) is 0 Å². The van der Waals surface area contributed by atoms with Gasteiger partial charge in [-0.15, -0.1) is 0 Å². The fourth-order valence-electron chi connectivity index (χ4n) is 1.28. The van der Waals surface area contributed by atoms with E-state index in [1.807, 2.05) is 13.0 Å². The predicted molar refractivity (Wildman–Crippen MR) is 53.2 cm³/mol. The van der Waals surface area contributed by atoms with Crippen LogP contribution in [0.1, 0.15) is 24.8 Å². The van der Waals surface area contributed by atoms with Gasteiger partial charge in [0.1, 0.15) is 5.75 Å². The zero-order valence-corrected chi connectivity index (χ0v) is 8.36. The number of carbonyl (C=O) groups excluding carboxylic acids is 1. The Morgan fingerprint density at radius 3 is 2.86 bits per heavy atom. The van der Waals surface area contributed by atoms with Crippen molar-refractivity contribution < 1.29 is 14.6 Å². The maximum atomic E-state index is 11.0. The molecule has 3 heteroatoms. The summed E-state index contributed by atoms with van der Waals surface area (Å²) in [5.74, 6) is 0.0506. The predicted octanol–water partition coefficient (Wildman–Crippen LogP) is 2.06. The number of hydrogen-bond donors (Lipinski definition) is 1. The van der Waals surface area contributed by atoms with Crippen LogP contribution in [-0.4, -0.2) is 18.2 Å². The van der Waals surface area contributed by atoms with Crippen molar-refractivity contribution in [2.45, 2.75) is 19.3 Å². The van der Waals surface area contributed by atoms with E-state index in [4.69, 9.17) is 0 Å². The van der Waals surface area contributed by atoms with E-state index in [1.165, 1.54) is 7.11 Å². The van der Waals surface area contributed by atoms with Crippen LogP contribution in [0, 0.1) is 0 Å². The summed E-state index contributed by atoms with van der Waals surface area (Å²) in [5, 5.41) is 9.24. The molecule has 1 aromatic carbocycles. The minimum absolute atomic E-state index is 0.0644. The molecule has 0 spiro atoms. The first-order valence-corrected chi connectivity index (χ1v) is 4.49. The Hall–Kier alpha value is -1.51. The topological polar surface area (TPSA) is 46.5 Å². The van der Waals surface area contributed by atoms with Crippen molar-refractivity contribution >= 4 is 5.97 Å². The van der Waals surface area contributed by atoms with E-state index in [0.717, 1.165) is 5.56 Å². The molecule has 3 nitrogen and oxygen atoms in total. The van der Waals surface area contributed by atoms with E-state index >= 15 is 0 Å². The molecule has 76 valence electrons. The summed E-state index contributed by atoms with van der Waals surface area (Å²) in [6, 6.07) is 6.91. The molecule has 0 saturated carbocycles. The highest BCUT2D eigenvalue weighted by Gasteiger charge is 2.11. The molecule has 0 saturated heterocycles. The van der Waals surface area contributed by atoms with Gasteiger partial charge in [0, 0.05) is 0 Å². The Kier molecular flexibility index (Phi) is 3.51. The number of ether oxygens (including phenoxy) is 1. The molecule has 1 atom stereocenters. The largest absolute Gasteiger partial charge is 0.508 e. The highest BCUT2D eigenvalue weighted by atomic mass is 16.5. The minimum Gasteiger partial charge on any atom is -0.508 e. The van der Waals surface area contributed by atoms with Gasteiger partial charge in [-0.2, -0.15) is 0 Å². The number of rotatable bonds is 3. The van der Waals surface area contributed by atoms with Gasteiger partial charge in [-0.05, 0) is 23.6 Å². The average molecular weight is 194 g/mol. The molecule has 14 heavy (non-hydrogen) atoms. The number of phenols is 1. The molecule has 1 aromatic rings. The SMILES string of the molecule is COC(=O)C[C@@H](C)c1cccc(O)c1. The third-order valence-electron chi connectivity index (χ3n) is 2.14. The van der Waals surface area contributed by atoms with Gasteiger partial charge in [0.25, 0.3) is 0 Å². The second-order valence-electron chi connectivity index (χ2n) is 3.28. The highest BCUT2D eigenvalue weighted by molar-refractivity contribution is 5.70. The van der Waals surface area contributed by atoms with E-state index < -0.39 is 0 Å². The summed E-state index contributed by atoms with van der Waals surface area (Å²) < 4.78 is 4.57. The highest BCUT2D eigenvalue weighted by Crippen LogP contribution is 2.22. The van der Waals surface area contributed by atoms with Crippen LogP contribution in [0.2, 0.25) is 0 Å². The molecule has 0 radical (unpaired) electrons. The van der Waals surface area contributed by atoms with Crippen LogP contribution in [0.4, 0.5) is 0 Å². The number of carbonyl (C=O) groups is 1. The lowest BCUT2D eigenvalue weighted by molar-refractivity contribution is -0.140. The van der Waals surface area contributed by atoms with Crippen molar-refractivity contribution in [3.63, 3.8) is 0 Å². The van der Waals surface area contributed by atoms with Crippen LogP contribution >= 0.6 is 0 Å². The molecule has 0 bridgehead atoms. The molecule has 0 unspecified atom stereocenters. The van der Waals surface area contributed by atoms with Crippen molar-refractivity contribution in [1.82, 2.24) is 0 Å². The number of hydrogen-bond acceptors (Lipinski definition) is 3. The Bertz CT molecular complexity index is 320. The number of esters is 1. The summed E-state index contributed by atoms with van der Waals surface area (Å²) in [5.41, 5.74) is 0.940. The summed E-state index contributed by atoms with van der Waals surface area (Å²) in [6.45, 7) is 1.92. The number of methoxy groups -OCH3 is 1. The molecule has 0 amide bonds. The Morgan fingerprint density at radius 1 is 1.57 bits per heavy atom. The van der Waals surface area contributed by atoms with Gasteiger partial charge in [-0.25, -0.2) is 0 Å². The van der Waals surface area contributed by atoms with Crippen LogP contribution in [0.5, 0.6) is 5.75 Å². The smallest absolute Gasteiger partial charge is 0.306 e. The fraction of sp³-hybridized carbons (Fsp3) is 0.364. The molecule has 1 rings (SSSR count). The van der Waals surface area contributed by atoms with Crippen molar-refractivity contribution in [3.8, 4) is 5.75 Å². The summed E-state index contributed by atoms with van der Waals surface area (Å²) >= 11 is 0. The first-order chi connectivity index (χ1) is 6.63. The Morgan fingerprint density at radius 2 is 2.29 bits per heavy atom. The van der Waals surface area contributed by atoms with Gasteiger partial charge >= 0.3 is 5.97 Å². The van der Waals surface area contributed by atoms with Crippen LogP contribution in [0.3, 0.4) is 0 Å². The van der Waals surface area contributed by atoms with E-state index in [-0.39, 0.29) is 17.6 Å². The first-order valence-electron chi connectivity index (χ1n) is 4.49. The zero-order valence-electron chi connectivity index (χ0n) is 8.36. The molecule has 0 aliphatic carbocycles. The molecular weight excluding hydrogens is 180 g/mol. The minimum atomic E-state index is -0.235. The summed E-state index contributed by atoms with van der Waals surface area (Å²) in [7, 11) is 1.37. The third-order valence-corrected chi connectivity index (χ3v) is 2.14. The van der Waals surface area contributed by atoms with Crippen LogP contribution in [0.15, 0.2) is 24.3 Å². The lowest BCUT2D eigenvalue weighted by Crippen LogP contribution is -2.05. The quantitative estimate of drug-likeness (QED) is 0.749. The van der Waals surface area contributed by atoms with Gasteiger partial charge in [0.15, 0.2) is 0 Å². The van der Waals surface area contributed by atoms with Crippen LogP contribution in [-0.2, 0) is 9.53 Å². The molecule has 1 N–H and O–H groups in total. The van der Waals surface area contributed by atoms with E-state index in [9.17, 15) is 9.90 Å². The maximum absolute atomic E-state index is 11.0. The monoisotopic (exact) mass is 194 g/mol. The van der Waals surface area contributed by atoms with Crippen molar-refractivity contribution in [2.75, 3.05) is 7.11 Å². The van der Waals surface area contributed by atoms with E-state index in [0.29, 0.717) is 6.42 Å². The lowest BCUT2D eigenvalue weighted by atomic mass is 9.98. The Labute approximate surface area is 83.3 Å². The molecule has 0 aliphatic heterocycles. The summed E-state index contributed by atoms with van der Waals surface area (Å²) in [6.07, 6.45) is 0.333. The number of benzene rings is 1. The van der Waals surface area contributed by atoms with Crippen LogP contribution in [0.25, 0.3) is 0 Å². The third kappa shape index (κ3) is 2.76. The molecule has 0 heterocycles. The lowest BCUT2D eigenvalue weighted by Gasteiger charge is -2.10. The average Bonchev–Trinajstić information content (AvgIpc) is 2.17. The standard InChI is InChI=1S/C11H14O3/c1-8(6-11(13)14-2)9-4-3-5-10(12)7-9/h3-5,7-8,12H,6H2,1-2H3/t8-/m1/s1. The van der Waals surface area contributed by atoms with Gasteiger partial charge in [-0.3, -0.25) is 4.79 Å². The molecule has 0 fully saturated rings. The fourth-order valence-corrected chi connectivity index (χ4v) is 1.28. The number of aromatic hydroxyl groups is 1. The maximum Gasteiger partial charge on any atom is 0.306 e.